The summed E-state index contributed by atoms with van der Waals surface area (Å²) >= 11 is 0. The van der Waals surface area contributed by atoms with Crippen LogP contribution >= 0.6 is 0 Å². The Morgan fingerprint density at radius 3 is 2.47 bits per heavy atom. The zero-order valence-corrected chi connectivity index (χ0v) is 11.6. The van der Waals surface area contributed by atoms with Crippen molar-refractivity contribution in [2.24, 2.45) is 5.16 Å². The monoisotopic (exact) mass is 237 g/mol. The quantitative estimate of drug-likeness (QED) is 0.602. The van der Waals surface area contributed by atoms with E-state index in [1.165, 1.54) is 0 Å². The molecule has 0 aromatic carbocycles. The molecular weight excluding hydrogens is 213 g/mol. The van der Waals surface area contributed by atoms with Crippen LogP contribution in [-0.2, 0) is 4.76 Å². The molecule has 0 atom stereocenters. The maximum atomic E-state index is 9.42. The lowest BCUT2D eigenvalue weighted by atomic mass is 9.74. The van der Waals surface area contributed by atoms with E-state index in [-0.39, 0.29) is 0 Å². The molecule has 1 rings (SSSR count). The summed E-state index contributed by atoms with van der Waals surface area (Å²) in [6.07, 6.45) is 7.63. The van der Waals surface area contributed by atoms with Crippen molar-refractivity contribution in [3.63, 3.8) is 0 Å². The summed E-state index contributed by atoms with van der Waals surface area (Å²) in [7, 11) is -0.948. The highest BCUT2D eigenvalue weighted by Crippen LogP contribution is 2.15. The largest absolute Gasteiger partial charge is 0.583 e. The molecule has 17 heavy (non-hydrogen) atoms. The number of hydrogen-bond acceptors (Lipinski definition) is 3. The van der Waals surface area contributed by atoms with E-state index in [0.29, 0.717) is 0 Å². The van der Waals surface area contributed by atoms with Gasteiger partial charge in [0.2, 0.25) is 0 Å². The average Bonchev–Trinajstić information content (AvgIpc) is 2.41. The predicted molar refractivity (Wildman–Crippen MR) is 76.9 cm³/mol. The van der Waals surface area contributed by atoms with Gasteiger partial charge in [-0.15, -0.1) is 5.16 Å². The summed E-state index contributed by atoms with van der Waals surface area (Å²) < 4.78 is 4.70. The zero-order chi connectivity index (χ0) is 13.7. The Hall–Kier alpha value is -1.29. The molecule has 4 heteroatoms. The van der Waals surface area contributed by atoms with Gasteiger partial charge in [-0.05, 0) is 12.0 Å². The normalized spacial score (nSPS) is 13.4. The maximum absolute atomic E-state index is 9.42. The van der Waals surface area contributed by atoms with Gasteiger partial charge in [-0.25, -0.2) is 0 Å². The summed E-state index contributed by atoms with van der Waals surface area (Å²) in [5.74, 6) is 0. The Bertz CT molecular complexity index is 283. The smallest absolute Gasteiger partial charge is 0.427 e. The summed E-state index contributed by atoms with van der Waals surface area (Å²) in [5, 5.41) is 13.0. The number of hydrogen-bond donors (Lipinski definition) is 1. The van der Waals surface area contributed by atoms with E-state index in [4.69, 9.17) is 4.76 Å². The van der Waals surface area contributed by atoms with Crippen LogP contribution in [0.5, 0.6) is 0 Å². The Labute approximate surface area is 106 Å². The minimum Gasteiger partial charge on any atom is -0.427 e. The van der Waals surface area contributed by atoms with E-state index in [9.17, 15) is 5.02 Å². The van der Waals surface area contributed by atoms with Gasteiger partial charge in [-0.2, -0.15) is 0 Å². The highest BCUT2D eigenvalue weighted by molar-refractivity contribution is 6.54. The number of nitrogens with zero attached hydrogens (tertiary/aromatic N) is 1. The third-order valence-corrected chi connectivity index (χ3v) is 1.80. The second kappa shape index (κ2) is 12.8. The first kappa shape index (κ1) is 18.1. The Balaban J connectivity index is 0. The van der Waals surface area contributed by atoms with Crippen LogP contribution in [0.2, 0.25) is 0 Å². The molecule has 0 aromatic heterocycles. The Morgan fingerprint density at radius 1 is 1.41 bits per heavy atom. The Kier molecular flexibility index (Phi) is 13.6. The van der Waals surface area contributed by atoms with E-state index < -0.39 is 7.12 Å². The molecule has 3 nitrogen and oxygen atoms in total. The van der Waals surface area contributed by atoms with Gasteiger partial charge in [-0.1, -0.05) is 59.4 Å². The molecule has 0 unspecified atom stereocenters. The highest BCUT2D eigenvalue weighted by Gasteiger charge is 2.24. The molecule has 0 amide bonds. The van der Waals surface area contributed by atoms with Crippen molar-refractivity contribution in [2.75, 3.05) is 0 Å². The lowest BCUT2D eigenvalue weighted by Gasteiger charge is -2.13. The fourth-order valence-electron chi connectivity index (χ4n) is 1.10. The van der Waals surface area contributed by atoms with E-state index in [2.05, 4.69) is 11.7 Å². The molecule has 0 aliphatic carbocycles. The topological polar surface area (TPSA) is 41.8 Å². The molecule has 1 N–H and O–H groups in total. The first-order chi connectivity index (χ1) is 8.29. The maximum Gasteiger partial charge on any atom is 0.583 e. The Morgan fingerprint density at radius 2 is 2.00 bits per heavy atom. The van der Waals surface area contributed by atoms with Gasteiger partial charge in [0.05, 0.1) is 6.21 Å². The van der Waals surface area contributed by atoms with Crippen molar-refractivity contribution in [2.45, 2.75) is 41.0 Å². The summed E-state index contributed by atoms with van der Waals surface area (Å²) in [5.41, 5.74) is 1.73. The number of allylic oxidation sites excluding steroid dienone is 5. The van der Waals surface area contributed by atoms with Crippen LogP contribution in [0.3, 0.4) is 0 Å². The summed E-state index contributed by atoms with van der Waals surface area (Å²) in [4.78, 5) is 0. The van der Waals surface area contributed by atoms with Crippen molar-refractivity contribution < 1.29 is 9.78 Å². The fourth-order valence-corrected chi connectivity index (χ4v) is 1.10. The van der Waals surface area contributed by atoms with Crippen molar-refractivity contribution in [1.82, 2.24) is 0 Å². The van der Waals surface area contributed by atoms with Crippen molar-refractivity contribution in [3.05, 3.63) is 35.9 Å². The predicted octanol–water partition coefficient (Wildman–Crippen LogP) is 3.52. The van der Waals surface area contributed by atoms with E-state index in [0.717, 1.165) is 17.5 Å². The lowest BCUT2D eigenvalue weighted by molar-refractivity contribution is 0.282. The molecule has 1 aliphatic rings. The van der Waals surface area contributed by atoms with Gasteiger partial charge in [-0.3, -0.25) is 0 Å². The van der Waals surface area contributed by atoms with E-state index >= 15 is 0 Å². The van der Waals surface area contributed by atoms with Crippen LogP contribution in [0.1, 0.15) is 41.0 Å². The van der Waals surface area contributed by atoms with E-state index in [1.807, 2.05) is 34.6 Å². The lowest BCUT2D eigenvalue weighted by Crippen LogP contribution is -2.23. The van der Waals surface area contributed by atoms with Gasteiger partial charge >= 0.3 is 7.12 Å². The van der Waals surface area contributed by atoms with Crippen LogP contribution in [0.25, 0.3) is 0 Å². The third-order valence-electron chi connectivity index (χ3n) is 1.80. The minimum absolute atomic E-state index is 0.748. The molecule has 1 heterocycles. The van der Waals surface area contributed by atoms with Gasteiger partial charge in [0.15, 0.2) is 0 Å². The molecule has 0 saturated carbocycles. The molecule has 0 aromatic rings. The van der Waals surface area contributed by atoms with Crippen molar-refractivity contribution in [1.29, 1.82) is 0 Å². The van der Waals surface area contributed by atoms with Crippen LogP contribution < -0.4 is 0 Å². The molecule has 0 radical (unpaired) electrons. The second-order valence-electron chi connectivity index (χ2n) is 2.62. The van der Waals surface area contributed by atoms with Crippen LogP contribution in [-0.4, -0.2) is 18.4 Å². The zero-order valence-electron chi connectivity index (χ0n) is 11.6. The first-order valence-electron chi connectivity index (χ1n) is 6.19. The molecule has 1 aliphatic heterocycles. The molecule has 0 bridgehead atoms. The van der Waals surface area contributed by atoms with Crippen LogP contribution in [0.15, 0.2) is 41.0 Å². The van der Waals surface area contributed by atoms with Crippen LogP contribution in [0.4, 0.5) is 0 Å². The fraction of sp³-hybridized carbons (Fsp3) is 0.462. The minimum atomic E-state index is -0.948. The van der Waals surface area contributed by atoms with Gasteiger partial charge in [0.1, 0.15) is 0 Å². The standard InChI is InChI=1S/C9H12BNO2.2C2H6/c1-3-5-6-9-8(4-2)7-11-13-10(9)12;2*1-2/h3,5-7,12H,1,4H2,2H3;2*1-2H3/b6-5-;;. The van der Waals surface area contributed by atoms with E-state index in [1.54, 1.807) is 24.4 Å². The SMILES string of the molecule is C=C/C=C\C1=C(CC)C=NOB1O.CC.CC. The van der Waals surface area contributed by atoms with Gasteiger partial charge in [0, 0.05) is 5.47 Å². The molecule has 0 saturated heterocycles. The summed E-state index contributed by atoms with van der Waals surface area (Å²) in [6.45, 7) is 13.6. The van der Waals surface area contributed by atoms with Crippen LogP contribution in [0, 0.1) is 0 Å². The molecular formula is C13H24BNO2. The summed E-state index contributed by atoms with van der Waals surface area (Å²) in [6, 6.07) is 0. The molecule has 0 fully saturated rings. The van der Waals surface area contributed by atoms with Gasteiger partial charge < -0.3 is 9.78 Å². The van der Waals surface area contributed by atoms with Crippen molar-refractivity contribution >= 4 is 13.3 Å². The molecule has 96 valence electrons. The molecule has 0 spiro atoms. The number of oxime groups is 1. The number of rotatable bonds is 3. The third kappa shape index (κ3) is 6.79. The highest BCUT2D eigenvalue weighted by atomic mass is 16.6. The van der Waals surface area contributed by atoms with Crippen molar-refractivity contribution in [3.8, 4) is 0 Å². The first-order valence-corrected chi connectivity index (χ1v) is 6.19. The second-order valence-corrected chi connectivity index (χ2v) is 2.62. The average molecular weight is 237 g/mol. The van der Waals surface area contributed by atoms with Gasteiger partial charge in [0.25, 0.3) is 0 Å².